The van der Waals surface area contributed by atoms with Crippen molar-refractivity contribution in [3.63, 3.8) is 0 Å². The molecule has 0 aliphatic heterocycles. The largest absolute Gasteiger partial charge is 0.393 e. The van der Waals surface area contributed by atoms with E-state index in [-0.39, 0.29) is 12.2 Å². The summed E-state index contributed by atoms with van der Waals surface area (Å²) in [6, 6.07) is 0. The minimum atomic E-state index is -0.0973. The molecule has 68 valence electrons. The van der Waals surface area contributed by atoms with Crippen LogP contribution < -0.4 is 0 Å². The van der Waals surface area contributed by atoms with E-state index < -0.39 is 0 Å². The summed E-state index contributed by atoms with van der Waals surface area (Å²) in [4.78, 5) is 0. The van der Waals surface area contributed by atoms with Crippen molar-refractivity contribution in [1.29, 1.82) is 0 Å². The lowest BCUT2D eigenvalue weighted by Crippen LogP contribution is -2.33. The van der Waals surface area contributed by atoms with E-state index in [2.05, 4.69) is 0 Å². The van der Waals surface area contributed by atoms with Gasteiger partial charge in [0.1, 0.15) is 0 Å². The maximum Gasteiger partial charge on any atom is 0.0575 e. The Morgan fingerprint density at radius 2 is 1.67 bits per heavy atom. The summed E-state index contributed by atoms with van der Waals surface area (Å²) in [6.45, 7) is 0. The van der Waals surface area contributed by atoms with Crippen LogP contribution in [-0.2, 0) is 0 Å². The lowest BCUT2D eigenvalue weighted by atomic mass is 9.79. The molecule has 0 aromatic rings. The molecule has 3 aliphatic rings. The van der Waals surface area contributed by atoms with Crippen LogP contribution in [0.2, 0.25) is 0 Å². The molecule has 0 heterocycles. The highest BCUT2D eigenvalue weighted by atomic mass is 16.3. The van der Waals surface area contributed by atoms with Crippen LogP contribution in [0.4, 0.5) is 0 Å². The zero-order chi connectivity index (χ0) is 8.29. The first kappa shape index (κ1) is 7.34. The molecule has 3 aliphatic carbocycles. The van der Waals surface area contributed by atoms with Crippen LogP contribution in [-0.4, -0.2) is 22.4 Å². The Labute approximate surface area is 72.6 Å². The lowest BCUT2D eigenvalue weighted by Gasteiger charge is -2.30. The van der Waals surface area contributed by atoms with Crippen molar-refractivity contribution < 1.29 is 10.2 Å². The van der Waals surface area contributed by atoms with Gasteiger partial charge >= 0.3 is 0 Å². The van der Waals surface area contributed by atoms with Gasteiger partial charge in [-0.05, 0) is 49.4 Å². The van der Waals surface area contributed by atoms with E-state index in [1.807, 2.05) is 0 Å². The average Bonchev–Trinajstić information content (AvgIpc) is 2.62. The fourth-order valence-electron chi connectivity index (χ4n) is 4.04. The molecule has 0 aromatic heterocycles. The molecule has 2 bridgehead atoms. The van der Waals surface area contributed by atoms with Crippen molar-refractivity contribution >= 4 is 0 Å². The second-order valence-corrected chi connectivity index (χ2v) is 4.85. The molecule has 3 fully saturated rings. The summed E-state index contributed by atoms with van der Waals surface area (Å²) < 4.78 is 0. The minimum Gasteiger partial charge on any atom is -0.393 e. The molecule has 3 saturated carbocycles. The van der Waals surface area contributed by atoms with E-state index in [9.17, 15) is 10.2 Å². The molecule has 0 spiro atoms. The van der Waals surface area contributed by atoms with Gasteiger partial charge in [0.15, 0.2) is 0 Å². The highest BCUT2D eigenvalue weighted by Crippen LogP contribution is 2.58. The molecule has 0 saturated heterocycles. The monoisotopic (exact) mass is 168 g/mol. The smallest absolute Gasteiger partial charge is 0.0575 e. The summed E-state index contributed by atoms with van der Waals surface area (Å²) in [5.74, 6) is 2.40. The third-order valence-corrected chi connectivity index (χ3v) is 4.45. The van der Waals surface area contributed by atoms with Gasteiger partial charge in [0, 0.05) is 0 Å². The van der Waals surface area contributed by atoms with E-state index in [1.165, 1.54) is 12.8 Å². The zero-order valence-corrected chi connectivity index (χ0v) is 7.19. The van der Waals surface area contributed by atoms with Gasteiger partial charge in [-0.2, -0.15) is 0 Å². The number of fused-ring (bicyclic) bond motifs is 5. The number of aliphatic hydroxyl groups excluding tert-OH is 2. The van der Waals surface area contributed by atoms with Crippen molar-refractivity contribution in [3.8, 4) is 0 Å². The molecule has 2 N–H and O–H groups in total. The van der Waals surface area contributed by atoms with Gasteiger partial charge < -0.3 is 10.2 Å². The Hall–Kier alpha value is -0.0800. The SMILES string of the molecule is O[C@@H]1C[C@H]2C[C@@H]1[C@@H]1[C@H]2CC[C@@H]1O. The number of hydrogen-bond donors (Lipinski definition) is 2. The molecular formula is C10H16O2. The molecule has 2 heteroatoms. The normalized spacial score (nSPS) is 62.5. The maximum atomic E-state index is 9.73. The predicted molar refractivity (Wildman–Crippen MR) is 44.4 cm³/mol. The van der Waals surface area contributed by atoms with E-state index in [0.29, 0.717) is 11.8 Å². The summed E-state index contributed by atoms with van der Waals surface area (Å²) in [6.07, 6.45) is 4.20. The zero-order valence-electron chi connectivity index (χ0n) is 7.19. The standard InChI is InChI=1S/C10H16O2/c11-8-2-1-6-5-3-7(10(6)8)9(12)4-5/h5-12H,1-4H2/t5-,6+,7+,8+,9-,10+/m1/s1. The van der Waals surface area contributed by atoms with Crippen molar-refractivity contribution in [1.82, 2.24) is 0 Å². The Kier molecular flexibility index (Phi) is 1.37. The molecule has 0 aromatic carbocycles. The van der Waals surface area contributed by atoms with Gasteiger partial charge in [0.25, 0.3) is 0 Å². The molecule has 0 radical (unpaired) electrons. The fraction of sp³-hybridized carbons (Fsp3) is 1.00. The molecule has 2 nitrogen and oxygen atoms in total. The summed E-state index contributed by atoms with van der Waals surface area (Å²) in [5.41, 5.74) is 0. The fourth-order valence-corrected chi connectivity index (χ4v) is 4.04. The van der Waals surface area contributed by atoms with Gasteiger partial charge in [-0.15, -0.1) is 0 Å². The van der Waals surface area contributed by atoms with Crippen LogP contribution >= 0.6 is 0 Å². The van der Waals surface area contributed by atoms with Crippen LogP contribution in [0.1, 0.15) is 25.7 Å². The van der Waals surface area contributed by atoms with Crippen LogP contribution in [0.25, 0.3) is 0 Å². The quantitative estimate of drug-likeness (QED) is 0.561. The van der Waals surface area contributed by atoms with E-state index in [0.717, 1.165) is 24.7 Å². The molecule has 12 heavy (non-hydrogen) atoms. The summed E-state index contributed by atoms with van der Waals surface area (Å²) in [7, 11) is 0. The van der Waals surface area contributed by atoms with Crippen molar-refractivity contribution in [2.75, 3.05) is 0 Å². The van der Waals surface area contributed by atoms with E-state index >= 15 is 0 Å². The molecular weight excluding hydrogens is 152 g/mol. The molecule has 0 amide bonds. The summed E-state index contributed by atoms with van der Waals surface area (Å²) >= 11 is 0. The van der Waals surface area contributed by atoms with Crippen LogP contribution in [0.3, 0.4) is 0 Å². The third-order valence-electron chi connectivity index (χ3n) is 4.45. The van der Waals surface area contributed by atoms with Crippen molar-refractivity contribution in [2.24, 2.45) is 23.7 Å². The number of hydrogen-bond acceptors (Lipinski definition) is 2. The van der Waals surface area contributed by atoms with Gasteiger partial charge in [0.05, 0.1) is 12.2 Å². The second kappa shape index (κ2) is 2.24. The number of aliphatic hydroxyl groups is 2. The van der Waals surface area contributed by atoms with Gasteiger partial charge in [-0.25, -0.2) is 0 Å². The average molecular weight is 168 g/mol. The third kappa shape index (κ3) is 0.728. The molecule has 0 unspecified atom stereocenters. The lowest BCUT2D eigenvalue weighted by molar-refractivity contribution is 0.0142. The minimum absolute atomic E-state index is 0.0935. The van der Waals surface area contributed by atoms with Gasteiger partial charge in [-0.1, -0.05) is 0 Å². The first-order valence-corrected chi connectivity index (χ1v) is 5.13. The van der Waals surface area contributed by atoms with Crippen LogP contribution in [0.15, 0.2) is 0 Å². The Bertz CT molecular complexity index is 204. The number of rotatable bonds is 0. The van der Waals surface area contributed by atoms with Crippen LogP contribution in [0, 0.1) is 23.7 Å². The van der Waals surface area contributed by atoms with E-state index in [1.54, 1.807) is 0 Å². The highest BCUT2D eigenvalue weighted by Gasteiger charge is 2.56. The second-order valence-electron chi connectivity index (χ2n) is 4.85. The van der Waals surface area contributed by atoms with Crippen LogP contribution in [0.5, 0.6) is 0 Å². The Morgan fingerprint density at radius 1 is 0.833 bits per heavy atom. The first-order valence-electron chi connectivity index (χ1n) is 5.13. The maximum absolute atomic E-state index is 9.73. The molecule has 3 rings (SSSR count). The van der Waals surface area contributed by atoms with E-state index in [4.69, 9.17) is 0 Å². The van der Waals surface area contributed by atoms with Crippen molar-refractivity contribution in [3.05, 3.63) is 0 Å². The van der Waals surface area contributed by atoms with Gasteiger partial charge in [-0.3, -0.25) is 0 Å². The van der Waals surface area contributed by atoms with Gasteiger partial charge in [0.2, 0.25) is 0 Å². The Morgan fingerprint density at radius 3 is 2.50 bits per heavy atom. The molecule has 6 atom stereocenters. The Balaban J connectivity index is 1.90. The van der Waals surface area contributed by atoms with Crippen molar-refractivity contribution in [2.45, 2.75) is 37.9 Å². The topological polar surface area (TPSA) is 40.5 Å². The first-order chi connectivity index (χ1) is 5.77. The predicted octanol–water partition coefficient (Wildman–Crippen LogP) is 0.774. The highest BCUT2D eigenvalue weighted by molar-refractivity contribution is 5.05. The summed E-state index contributed by atoms with van der Waals surface area (Å²) in [5, 5.41) is 19.4.